The van der Waals surface area contributed by atoms with Crippen molar-refractivity contribution in [3.63, 3.8) is 0 Å². The Bertz CT molecular complexity index is 449. The first kappa shape index (κ1) is 7.57. The van der Waals surface area contributed by atoms with Crippen LogP contribution in [-0.4, -0.2) is 0 Å². The van der Waals surface area contributed by atoms with Gasteiger partial charge in [-0.15, -0.1) is 11.3 Å². The zero-order valence-corrected chi connectivity index (χ0v) is 8.53. The van der Waals surface area contributed by atoms with Crippen molar-refractivity contribution < 1.29 is 0 Å². The maximum Gasteiger partial charge on any atom is 0.0380 e. The van der Waals surface area contributed by atoms with Gasteiger partial charge < -0.3 is 0 Å². The van der Waals surface area contributed by atoms with Crippen molar-refractivity contribution in [1.29, 1.82) is 0 Å². The highest BCUT2D eigenvalue weighted by Crippen LogP contribution is 2.44. The minimum absolute atomic E-state index is 0.877. The van der Waals surface area contributed by atoms with E-state index in [1.807, 2.05) is 11.3 Å². The summed E-state index contributed by atoms with van der Waals surface area (Å²) in [6.45, 7) is 2.20. The van der Waals surface area contributed by atoms with E-state index in [-0.39, 0.29) is 0 Å². The van der Waals surface area contributed by atoms with E-state index in [1.54, 1.807) is 5.56 Å². The lowest BCUT2D eigenvalue weighted by Gasteiger charge is -1.98. The molecule has 1 aliphatic rings. The highest BCUT2D eigenvalue weighted by molar-refractivity contribution is 7.19. The minimum atomic E-state index is 0.877. The van der Waals surface area contributed by atoms with Crippen molar-refractivity contribution in [1.82, 2.24) is 0 Å². The van der Waals surface area contributed by atoms with E-state index in [1.165, 1.54) is 27.8 Å². The van der Waals surface area contributed by atoms with Crippen LogP contribution in [0.15, 0.2) is 24.3 Å². The van der Waals surface area contributed by atoms with Gasteiger partial charge in [-0.05, 0) is 42.7 Å². The molecule has 0 radical (unpaired) electrons. The van der Waals surface area contributed by atoms with Gasteiger partial charge >= 0.3 is 0 Å². The lowest BCUT2D eigenvalue weighted by atomic mass is 10.1. The minimum Gasteiger partial charge on any atom is -0.140 e. The summed E-state index contributed by atoms with van der Waals surface area (Å²) in [5.41, 5.74) is 1.59. The fraction of sp³-hybridized carbons (Fsp3) is 0.333. The normalized spacial score (nSPS) is 16.7. The molecule has 1 aromatic carbocycles. The summed E-state index contributed by atoms with van der Waals surface area (Å²) in [5, 5.41) is 1.44. The second kappa shape index (κ2) is 2.58. The van der Waals surface area contributed by atoms with E-state index < -0.39 is 0 Å². The second-order valence-electron chi connectivity index (χ2n) is 3.90. The number of fused-ring (bicyclic) bond motifs is 1. The molecule has 0 spiro atoms. The zero-order chi connectivity index (χ0) is 8.84. The third-order valence-corrected chi connectivity index (χ3v) is 3.83. The van der Waals surface area contributed by atoms with Gasteiger partial charge in [0, 0.05) is 9.58 Å². The van der Waals surface area contributed by atoms with Gasteiger partial charge in [0.15, 0.2) is 0 Å². The Morgan fingerprint density at radius 3 is 2.92 bits per heavy atom. The molecule has 2 aromatic rings. The molecule has 1 saturated carbocycles. The maximum atomic E-state index is 2.30. The van der Waals surface area contributed by atoms with Gasteiger partial charge in [0.25, 0.3) is 0 Å². The van der Waals surface area contributed by atoms with Crippen LogP contribution < -0.4 is 0 Å². The monoisotopic (exact) mass is 188 g/mol. The van der Waals surface area contributed by atoms with Crippen molar-refractivity contribution in [3.05, 3.63) is 34.7 Å². The molecule has 13 heavy (non-hydrogen) atoms. The van der Waals surface area contributed by atoms with E-state index >= 15 is 0 Å². The molecule has 0 N–H and O–H groups in total. The Morgan fingerprint density at radius 2 is 2.15 bits per heavy atom. The Kier molecular flexibility index (Phi) is 1.50. The lowest BCUT2D eigenvalue weighted by Crippen LogP contribution is -1.76. The van der Waals surface area contributed by atoms with E-state index in [4.69, 9.17) is 0 Å². The van der Waals surface area contributed by atoms with Crippen LogP contribution in [0.3, 0.4) is 0 Å². The molecule has 0 aliphatic heterocycles. The van der Waals surface area contributed by atoms with E-state index in [2.05, 4.69) is 31.2 Å². The van der Waals surface area contributed by atoms with Crippen molar-refractivity contribution >= 4 is 21.4 Å². The number of benzene rings is 1. The van der Waals surface area contributed by atoms with Gasteiger partial charge in [-0.25, -0.2) is 0 Å². The van der Waals surface area contributed by atoms with Crippen molar-refractivity contribution in [2.24, 2.45) is 0 Å². The Morgan fingerprint density at radius 1 is 1.31 bits per heavy atom. The summed E-state index contributed by atoms with van der Waals surface area (Å²) in [4.78, 5) is 1.43. The van der Waals surface area contributed by atoms with E-state index in [9.17, 15) is 0 Å². The standard InChI is InChI=1S/C12H12S/c1-8-7-10-3-2-4-11(9-5-6-9)12(10)13-8/h2-4,7,9H,5-6H2,1H3. The SMILES string of the molecule is Cc1cc2cccc(C3CC3)c2s1. The molecule has 3 rings (SSSR count). The molecule has 1 heteroatoms. The Labute approximate surface area is 82.2 Å². The largest absolute Gasteiger partial charge is 0.140 e. The van der Waals surface area contributed by atoms with Crippen molar-refractivity contribution in [3.8, 4) is 0 Å². The molecule has 0 bridgehead atoms. The summed E-state index contributed by atoms with van der Waals surface area (Å²) in [7, 11) is 0. The predicted molar refractivity (Wildman–Crippen MR) is 58.5 cm³/mol. The summed E-state index contributed by atoms with van der Waals surface area (Å²) < 4.78 is 1.53. The van der Waals surface area contributed by atoms with Crippen LogP contribution in [0.5, 0.6) is 0 Å². The van der Waals surface area contributed by atoms with Crippen LogP contribution in [0.2, 0.25) is 0 Å². The summed E-state index contributed by atoms with van der Waals surface area (Å²) in [6.07, 6.45) is 2.80. The number of thiophene rings is 1. The molecule has 1 aromatic heterocycles. The molecule has 0 atom stereocenters. The molecule has 0 unspecified atom stereocenters. The fourth-order valence-electron chi connectivity index (χ4n) is 1.93. The summed E-state index contributed by atoms with van der Waals surface area (Å²) in [5.74, 6) is 0.877. The highest BCUT2D eigenvalue weighted by Gasteiger charge is 2.25. The van der Waals surface area contributed by atoms with Gasteiger partial charge in [0.2, 0.25) is 0 Å². The first-order valence-corrected chi connectivity index (χ1v) is 5.65. The van der Waals surface area contributed by atoms with Gasteiger partial charge in [-0.3, -0.25) is 0 Å². The third-order valence-electron chi connectivity index (χ3n) is 2.71. The van der Waals surface area contributed by atoms with Gasteiger partial charge in [-0.1, -0.05) is 18.2 Å². The molecule has 1 heterocycles. The summed E-state index contributed by atoms with van der Waals surface area (Å²) >= 11 is 1.95. The third kappa shape index (κ3) is 1.19. The first-order valence-electron chi connectivity index (χ1n) is 4.83. The first-order chi connectivity index (χ1) is 6.34. The molecular formula is C12H12S. The van der Waals surface area contributed by atoms with Crippen LogP contribution >= 0.6 is 11.3 Å². The highest BCUT2D eigenvalue weighted by atomic mass is 32.1. The van der Waals surface area contributed by atoms with Crippen LogP contribution in [0, 0.1) is 6.92 Å². The number of hydrogen-bond donors (Lipinski definition) is 0. The lowest BCUT2D eigenvalue weighted by molar-refractivity contribution is 1.16. The van der Waals surface area contributed by atoms with Crippen molar-refractivity contribution in [2.45, 2.75) is 25.7 Å². The molecular weight excluding hydrogens is 176 g/mol. The maximum absolute atomic E-state index is 2.30. The molecule has 1 fully saturated rings. The Hall–Kier alpha value is -0.820. The Balaban J connectivity index is 2.31. The zero-order valence-electron chi connectivity index (χ0n) is 7.71. The van der Waals surface area contributed by atoms with Crippen LogP contribution in [0.1, 0.15) is 29.2 Å². The van der Waals surface area contributed by atoms with Gasteiger partial charge in [0.1, 0.15) is 0 Å². The van der Waals surface area contributed by atoms with Crippen molar-refractivity contribution in [2.75, 3.05) is 0 Å². The average Bonchev–Trinajstić information content (AvgIpc) is 2.86. The average molecular weight is 188 g/mol. The molecule has 0 saturated heterocycles. The van der Waals surface area contributed by atoms with E-state index in [0.29, 0.717) is 0 Å². The van der Waals surface area contributed by atoms with Crippen LogP contribution in [0.4, 0.5) is 0 Å². The number of hydrogen-bond acceptors (Lipinski definition) is 1. The van der Waals surface area contributed by atoms with Crippen LogP contribution in [-0.2, 0) is 0 Å². The number of rotatable bonds is 1. The van der Waals surface area contributed by atoms with Gasteiger partial charge in [-0.2, -0.15) is 0 Å². The topological polar surface area (TPSA) is 0 Å². The quantitative estimate of drug-likeness (QED) is 0.632. The molecule has 0 nitrogen and oxygen atoms in total. The predicted octanol–water partition coefficient (Wildman–Crippen LogP) is 4.09. The van der Waals surface area contributed by atoms with Crippen LogP contribution in [0.25, 0.3) is 10.1 Å². The second-order valence-corrected chi connectivity index (χ2v) is 5.15. The van der Waals surface area contributed by atoms with E-state index in [0.717, 1.165) is 5.92 Å². The molecule has 66 valence electrons. The molecule has 0 amide bonds. The smallest absolute Gasteiger partial charge is 0.0380 e. The number of aryl methyl sites for hydroxylation is 1. The fourth-order valence-corrected chi connectivity index (χ4v) is 3.04. The van der Waals surface area contributed by atoms with Gasteiger partial charge in [0.05, 0.1) is 0 Å². The summed E-state index contributed by atoms with van der Waals surface area (Å²) in [6, 6.07) is 9.02. The molecule has 1 aliphatic carbocycles.